The first-order valence-corrected chi connectivity index (χ1v) is 16.0. The van der Waals surface area contributed by atoms with Crippen molar-refractivity contribution in [3.05, 3.63) is 84.6 Å². The second kappa shape index (κ2) is 11.0. The van der Waals surface area contributed by atoms with Gasteiger partial charge in [0, 0.05) is 53.6 Å². The Morgan fingerprint density at radius 1 is 1.02 bits per heavy atom. The van der Waals surface area contributed by atoms with E-state index >= 15 is 0 Å². The molecule has 1 saturated carbocycles. The normalized spacial score (nSPS) is 16.9. The Labute approximate surface area is 243 Å². The van der Waals surface area contributed by atoms with E-state index in [9.17, 15) is 13.2 Å². The third-order valence-corrected chi connectivity index (χ3v) is 10.5. The summed E-state index contributed by atoms with van der Waals surface area (Å²) in [6.45, 7) is 2.01. The monoisotopic (exact) mass is 588 g/mol. The third-order valence-electron chi connectivity index (χ3n) is 8.19. The molecule has 0 saturated heterocycles. The van der Waals surface area contributed by atoms with Gasteiger partial charge in [-0.1, -0.05) is 43.5 Å². The molecule has 0 unspecified atom stereocenters. The zero-order valence-corrected chi connectivity index (χ0v) is 24.4. The topological polar surface area (TPSA) is 130 Å². The molecule has 0 bridgehead atoms. The van der Waals surface area contributed by atoms with Gasteiger partial charge in [0.2, 0.25) is 5.91 Å². The summed E-state index contributed by atoms with van der Waals surface area (Å²) in [4.78, 5) is 26.2. The second-order valence-corrected chi connectivity index (χ2v) is 13.5. The Kier molecular flexibility index (Phi) is 7.35. The number of aromatic amines is 1. The van der Waals surface area contributed by atoms with Crippen LogP contribution in [0, 0.1) is 0 Å². The average Bonchev–Trinajstić information content (AvgIpc) is 3.64. The van der Waals surface area contributed by atoms with Gasteiger partial charge in [0.1, 0.15) is 5.54 Å². The number of para-hydroxylation sites is 1. The van der Waals surface area contributed by atoms with Crippen molar-refractivity contribution in [2.75, 3.05) is 6.54 Å². The predicted octanol–water partition coefficient (Wildman–Crippen LogP) is 4.87. The van der Waals surface area contributed by atoms with E-state index in [-0.39, 0.29) is 16.9 Å². The van der Waals surface area contributed by atoms with Crippen molar-refractivity contribution >= 4 is 48.5 Å². The number of rotatable bonds is 9. The standard InChI is InChI=1S/C30H32N6O3S2/c1-29(17-21-18-33-24-10-4-3-9-22(21)24,36-41(38,39)27-23-19-35-40-25(23)12-16-32-27)28(37)34-20-30(13-6-2-7-14-30)26-11-5-8-15-31-26/h3-5,8-12,15-16,18-19,33,36H,2,6-7,13-14,17,20H2,1H3,(H,34,37)/t29-/m0/s1. The molecule has 41 heavy (non-hydrogen) atoms. The highest BCUT2D eigenvalue weighted by molar-refractivity contribution is 7.89. The molecule has 1 atom stereocenters. The maximum Gasteiger partial charge on any atom is 0.259 e. The fourth-order valence-corrected chi connectivity index (χ4v) is 8.24. The quantitative estimate of drug-likeness (QED) is 0.225. The van der Waals surface area contributed by atoms with Gasteiger partial charge in [-0.3, -0.25) is 9.78 Å². The molecule has 4 heterocycles. The number of benzene rings is 1. The molecule has 4 aromatic heterocycles. The molecule has 11 heteroatoms. The molecule has 1 fully saturated rings. The molecule has 0 radical (unpaired) electrons. The molecule has 1 aliphatic carbocycles. The van der Waals surface area contributed by atoms with Crippen LogP contribution in [0.4, 0.5) is 0 Å². The number of hydrogen-bond donors (Lipinski definition) is 3. The van der Waals surface area contributed by atoms with Gasteiger partial charge in [0.25, 0.3) is 10.0 Å². The van der Waals surface area contributed by atoms with Crippen molar-refractivity contribution < 1.29 is 13.2 Å². The lowest BCUT2D eigenvalue weighted by Crippen LogP contribution is -2.59. The SMILES string of the molecule is C[C@@](Cc1c[nH]c2ccccc12)(NS(=O)(=O)c1nccc2sncc12)C(=O)NCC1(c2ccccn2)CCCCC1. The predicted molar refractivity (Wildman–Crippen MR) is 160 cm³/mol. The first-order chi connectivity index (χ1) is 19.8. The molecular weight excluding hydrogens is 557 g/mol. The van der Waals surface area contributed by atoms with Crippen LogP contribution in [0.5, 0.6) is 0 Å². The van der Waals surface area contributed by atoms with Crippen molar-refractivity contribution in [1.29, 1.82) is 0 Å². The van der Waals surface area contributed by atoms with Gasteiger partial charge < -0.3 is 10.3 Å². The number of carbonyl (C=O) groups is 1. The van der Waals surface area contributed by atoms with E-state index in [1.807, 2.05) is 48.7 Å². The van der Waals surface area contributed by atoms with Crippen LogP contribution >= 0.6 is 11.5 Å². The lowest BCUT2D eigenvalue weighted by atomic mass is 9.71. The van der Waals surface area contributed by atoms with E-state index < -0.39 is 21.5 Å². The number of fused-ring (bicyclic) bond motifs is 2. The second-order valence-electron chi connectivity index (χ2n) is 11.1. The molecule has 3 N–H and O–H groups in total. The van der Waals surface area contributed by atoms with Gasteiger partial charge in [-0.2, -0.15) is 9.10 Å². The summed E-state index contributed by atoms with van der Waals surface area (Å²) in [6, 6.07) is 15.4. The molecule has 212 valence electrons. The summed E-state index contributed by atoms with van der Waals surface area (Å²) in [5.74, 6) is -0.400. The van der Waals surface area contributed by atoms with Crippen LogP contribution in [0.1, 0.15) is 50.3 Å². The lowest BCUT2D eigenvalue weighted by molar-refractivity contribution is -0.126. The highest BCUT2D eigenvalue weighted by Gasteiger charge is 2.42. The van der Waals surface area contributed by atoms with Gasteiger partial charge in [-0.05, 0) is 61.1 Å². The van der Waals surface area contributed by atoms with Crippen LogP contribution in [-0.2, 0) is 26.7 Å². The van der Waals surface area contributed by atoms with Gasteiger partial charge in [0.05, 0.1) is 16.3 Å². The van der Waals surface area contributed by atoms with E-state index in [0.29, 0.717) is 16.6 Å². The molecule has 1 amide bonds. The molecule has 6 rings (SSSR count). The summed E-state index contributed by atoms with van der Waals surface area (Å²) in [7, 11) is -4.20. The Bertz CT molecular complexity index is 1790. The van der Waals surface area contributed by atoms with E-state index in [1.165, 1.54) is 23.9 Å². The van der Waals surface area contributed by atoms with E-state index in [2.05, 4.69) is 29.4 Å². The number of nitrogens with one attached hydrogen (secondary N) is 3. The first kappa shape index (κ1) is 27.5. The molecule has 1 aliphatic rings. The Morgan fingerprint density at radius 3 is 2.63 bits per heavy atom. The first-order valence-electron chi connectivity index (χ1n) is 13.8. The van der Waals surface area contributed by atoms with Crippen LogP contribution in [0.15, 0.2) is 78.3 Å². The van der Waals surface area contributed by atoms with Gasteiger partial charge in [0.15, 0.2) is 5.03 Å². The van der Waals surface area contributed by atoms with Crippen molar-refractivity contribution in [3.8, 4) is 0 Å². The Hall–Kier alpha value is -3.67. The molecule has 0 spiro atoms. The van der Waals surface area contributed by atoms with Crippen LogP contribution in [-0.4, -0.2) is 45.7 Å². The molecular formula is C30H32N6O3S2. The van der Waals surface area contributed by atoms with Gasteiger partial charge in [-0.15, -0.1) is 0 Å². The summed E-state index contributed by atoms with van der Waals surface area (Å²) in [5.41, 5.74) is 0.892. The molecule has 9 nitrogen and oxygen atoms in total. The summed E-state index contributed by atoms with van der Waals surface area (Å²) in [6.07, 6.45) is 11.8. The van der Waals surface area contributed by atoms with Crippen molar-refractivity contribution in [2.24, 2.45) is 0 Å². The summed E-state index contributed by atoms with van der Waals surface area (Å²) < 4.78 is 35.3. The number of nitrogens with zero attached hydrogens (tertiary/aromatic N) is 3. The molecule has 1 aromatic carbocycles. The van der Waals surface area contributed by atoms with Gasteiger partial charge in [-0.25, -0.2) is 13.4 Å². The van der Waals surface area contributed by atoms with E-state index in [0.717, 1.165) is 54.3 Å². The molecule has 5 aromatic rings. The van der Waals surface area contributed by atoms with Crippen molar-refractivity contribution in [3.63, 3.8) is 0 Å². The number of sulfonamides is 1. The average molecular weight is 589 g/mol. The maximum atomic E-state index is 14.2. The fourth-order valence-electron chi connectivity index (χ4n) is 6.03. The van der Waals surface area contributed by atoms with E-state index in [4.69, 9.17) is 0 Å². The largest absolute Gasteiger partial charge is 0.361 e. The minimum atomic E-state index is -4.20. The number of carbonyl (C=O) groups excluding carboxylic acids is 1. The maximum absolute atomic E-state index is 14.2. The van der Waals surface area contributed by atoms with Crippen LogP contribution in [0.25, 0.3) is 21.0 Å². The smallest absolute Gasteiger partial charge is 0.259 e. The number of hydrogen-bond acceptors (Lipinski definition) is 7. The van der Waals surface area contributed by atoms with Crippen LogP contribution in [0.2, 0.25) is 0 Å². The number of H-pyrrole nitrogens is 1. The van der Waals surface area contributed by atoms with Crippen molar-refractivity contribution in [1.82, 2.24) is 29.4 Å². The number of amides is 1. The Balaban J connectivity index is 1.35. The zero-order chi connectivity index (χ0) is 28.5. The van der Waals surface area contributed by atoms with Crippen LogP contribution < -0.4 is 10.0 Å². The lowest BCUT2D eigenvalue weighted by Gasteiger charge is -2.38. The minimum absolute atomic E-state index is 0.135. The highest BCUT2D eigenvalue weighted by atomic mass is 32.2. The summed E-state index contributed by atoms with van der Waals surface area (Å²) >= 11 is 1.20. The zero-order valence-electron chi connectivity index (χ0n) is 22.8. The minimum Gasteiger partial charge on any atom is -0.361 e. The highest BCUT2D eigenvalue weighted by Crippen LogP contribution is 2.38. The third kappa shape index (κ3) is 5.37. The Morgan fingerprint density at radius 2 is 1.83 bits per heavy atom. The number of pyridine rings is 2. The number of aromatic nitrogens is 4. The van der Waals surface area contributed by atoms with E-state index in [1.54, 1.807) is 19.2 Å². The molecule has 0 aliphatic heterocycles. The van der Waals surface area contributed by atoms with Crippen molar-refractivity contribution in [2.45, 2.75) is 61.4 Å². The van der Waals surface area contributed by atoms with Crippen LogP contribution in [0.3, 0.4) is 0 Å². The fraction of sp³-hybridized carbons (Fsp3) is 0.333. The summed E-state index contributed by atoms with van der Waals surface area (Å²) in [5, 5.41) is 4.37. The van der Waals surface area contributed by atoms with Gasteiger partial charge >= 0.3 is 0 Å².